The number of fused-ring (bicyclic) bond motifs is 2. The zero-order valence-corrected chi connectivity index (χ0v) is 41.8. The number of hydrogen-bond acceptors (Lipinski definition) is 2. The molecule has 2 heterocycles. The summed E-state index contributed by atoms with van der Waals surface area (Å²) in [5.41, 5.74) is 20.8. The van der Waals surface area contributed by atoms with Crippen LogP contribution in [-0.2, 0) is 23.3 Å². The molecule has 2 nitrogen and oxygen atoms in total. The molecule has 2 aromatic heterocycles. The summed E-state index contributed by atoms with van der Waals surface area (Å²) in [6, 6.07) is 31.6. The number of benzene rings is 4. The van der Waals surface area contributed by atoms with Gasteiger partial charge in [0.1, 0.15) is 0 Å². The van der Waals surface area contributed by atoms with Gasteiger partial charge in [0.05, 0.1) is 23.0 Å². The van der Waals surface area contributed by atoms with E-state index in [1.54, 1.807) is 23.3 Å². The minimum absolute atomic E-state index is 0. The average Bonchev–Trinajstić information content (AvgIpc) is 3.87. The first kappa shape index (κ1) is 47.0. The van der Waals surface area contributed by atoms with Crippen molar-refractivity contribution in [2.45, 2.75) is 96.2 Å². The molecule has 8 rings (SSSR count). The summed E-state index contributed by atoms with van der Waals surface area (Å²) in [6.45, 7) is 30.4. The van der Waals surface area contributed by atoms with E-state index in [-0.39, 0.29) is 30.2 Å². The second kappa shape index (κ2) is 19.2. The fraction of sp³-hybridized carbons (Fsp3) is 0.269. The van der Waals surface area contributed by atoms with Gasteiger partial charge in [-0.05, 0) is 129 Å². The van der Waals surface area contributed by atoms with Gasteiger partial charge in [-0.1, -0.05) is 92.0 Å². The molecule has 6 aromatic carbocycles. The van der Waals surface area contributed by atoms with Gasteiger partial charge in [0.2, 0.25) is 0 Å². The Balaban J connectivity index is 0.000000228. The van der Waals surface area contributed by atoms with Gasteiger partial charge in [-0.25, -0.2) is 0 Å². The van der Waals surface area contributed by atoms with Gasteiger partial charge in [0.25, 0.3) is 0 Å². The summed E-state index contributed by atoms with van der Waals surface area (Å²) in [5.74, 6) is 3.90. The van der Waals surface area contributed by atoms with Crippen LogP contribution in [-0.4, -0.2) is 5.43 Å². The molecule has 0 saturated heterocycles. The quantitative estimate of drug-likeness (QED) is 0.130. The Morgan fingerprint density at radius 2 is 0.741 bits per heavy atom. The molecule has 0 saturated carbocycles. The van der Waals surface area contributed by atoms with E-state index in [1.807, 2.05) is 13.8 Å². The molecule has 0 bridgehead atoms. The molecule has 58 heavy (non-hydrogen) atoms. The molecule has 8 aromatic rings. The standard InChI is InChI=1S/2C25H25O.C2H6Si.2ClH.Zr/c2*1-14-7-15(2)9-22(8-14)25-18(5)16(3)10-20-12-21(13-23(20)25)24-11-17(4)19(6)26-24;1-3-2;;;/h2*7-13H,1-6H3;1-2H3;2*1H;/q2*-1;;;;+2. The van der Waals surface area contributed by atoms with Gasteiger partial charge in [0.15, 0.2) is 0 Å². The Bertz CT molecular complexity index is 2500. The van der Waals surface area contributed by atoms with Crippen molar-refractivity contribution in [3.63, 3.8) is 0 Å². The fourth-order valence-electron chi connectivity index (χ4n) is 7.90. The Kier molecular flexibility index (Phi) is 15.5. The van der Waals surface area contributed by atoms with Crippen molar-refractivity contribution < 1.29 is 32.2 Å². The van der Waals surface area contributed by atoms with Crippen LogP contribution in [0.3, 0.4) is 0 Å². The largest absolute Gasteiger partial charge is 0.496 e. The first-order valence-electron chi connectivity index (χ1n) is 19.6. The summed E-state index contributed by atoms with van der Waals surface area (Å²) in [5, 5.41) is 5.17. The second-order valence-electron chi connectivity index (χ2n) is 16.3. The second-order valence-corrected chi connectivity index (χ2v) is 25.7. The van der Waals surface area contributed by atoms with Crippen LogP contribution in [0.15, 0.2) is 93.8 Å². The van der Waals surface area contributed by atoms with Gasteiger partial charge < -0.3 is 8.83 Å². The molecule has 0 N–H and O–H groups in total. The van der Waals surface area contributed by atoms with E-state index in [0.717, 1.165) is 34.2 Å². The smallest absolute Gasteiger partial charge is 0.0925 e. The Labute approximate surface area is 374 Å². The van der Waals surface area contributed by atoms with Crippen LogP contribution in [0, 0.1) is 83.1 Å². The van der Waals surface area contributed by atoms with Crippen molar-refractivity contribution in [2.24, 2.45) is 0 Å². The van der Waals surface area contributed by atoms with Crippen LogP contribution in [0.4, 0.5) is 0 Å². The summed E-state index contributed by atoms with van der Waals surface area (Å²) >= 11 is 1.74. The average molecular weight is 905 g/mol. The third-order valence-corrected chi connectivity index (χ3v) is 11.0. The Morgan fingerprint density at radius 1 is 0.431 bits per heavy atom. The maximum atomic E-state index is 5.97. The van der Waals surface area contributed by atoms with Gasteiger partial charge in [0, 0.05) is 0 Å². The SMILES string of the molecule is C[Si](C)=[Zr+2].Cc1cc(C)cc(-c2c(C)c(C)cc3[cH-]c(-c4cc(C)c(C)o4)cc23)c1.Cc1cc(C)cc(-c2c(C)c(C)cc3[cH-]c(-c4cc(C)c(C)o4)cc23)c1.Cl.Cl. The maximum absolute atomic E-state index is 5.97. The number of hydrogen-bond donors (Lipinski definition) is 0. The van der Waals surface area contributed by atoms with Gasteiger partial charge in [-0.15, -0.1) is 82.8 Å². The molecule has 0 atom stereocenters. The monoisotopic (exact) mass is 902 g/mol. The molecule has 0 unspecified atom stereocenters. The summed E-state index contributed by atoms with van der Waals surface area (Å²) in [6.07, 6.45) is 0. The van der Waals surface area contributed by atoms with E-state index in [1.165, 1.54) is 99.4 Å². The molecule has 0 amide bonds. The van der Waals surface area contributed by atoms with E-state index >= 15 is 0 Å². The molecule has 300 valence electrons. The summed E-state index contributed by atoms with van der Waals surface area (Å²) in [4.78, 5) is 0. The van der Waals surface area contributed by atoms with Crippen LogP contribution in [0.2, 0.25) is 13.1 Å². The Hall–Kier alpha value is -3.66. The number of aryl methyl sites for hydroxylation is 10. The topological polar surface area (TPSA) is 26.3 Å². The zero-order chi connectivity index (χ0) is 40.7. The third kappa shape index (κ3) is 10.2. The zero-order valence-electron chi connectivity index (χ0n) is 36.7. The molecule has 0 fully saturated rings. The minimum atomic E-state index is 0. The minimum Gasteiger partial charge on any atom is -0.496 e. The number of rotatable bonds is 4. The van der Waals surface area contributed by atoms with Crippen molar-refractivity contribution in [1.29, 1.82) is 0 Å². The predicted octanol–water partition coefficient (Wildman–Crippen LogP) is 16.3. The summed E-state index contributed by atoms with van der Waals surface area (Å²) < 4.78 is 11.9. The van der Waals surface area contributed by atoms with Gasteiger partial charge in [-0.2, -0.15) is 0 Å². The normalized spacial score (nSPS) is 10.8. The molecule has 0 radical (unpaired) electrons. The number of furan rings is 2. The van der Waals surface area contributed by atoms with Crippen LogP contribution in [0.25, 0.3) is 66.4 Å². The van der Waals surface area contributed by atoms with Crippen LogP contribution in [0.5, 0.6) is 0 Å². The van der Waals surface area contributed by atoms with Crippen molar-refractivity contribution in [2.75, 3.05) is 0 Å². The van der Waals surface area contributed by atoms with E-state index in [2.05, 4.69) is 167 Å². The first-order chi connectivity index (χ1) is 26.4. The van der Waals surface area contributed by atoms with Crippen molar-refractivity contribution in [1.82, 2.24) is 0 Å². The molecular formula is C52H58Cl2O2SiZr. The van der Waals surface area contributed by atoms with Crippen LogP contribution in [0.1, 0.15) is 67.2 Å². The molecule has 0 aliphatic rings. The van der Waals surface area contributed by atoms with E-state index < -0.39 is 0 Å². The van der Waals surface area contributed by atoms with Gasteiger partial charge in [-0.3, -0.25) is 0 Å². The number of halogens is 2. The summed E-state index contributed by atoms with van der Waals surface area (Å²) in [7, 11) is 0. The van der Waals surface area contributed by atoms with Crippen molar-refractivity contribution >= 4 is 51.8 Å². The van der Waals surface area contributed by atoms with Crippen molar-refractivity contribution in [3.8, 4) is 44.9 Å². The molecule has 6 heteroatoms. The van der Waals surface area contributed by atoms with Gasteiger partial charge >= 0.3 is 41.9 Å². The molecular weight excluding hydrogens is 847 g/mol. The Morgan fingerprint density at radius 3 is 1.02 bits per heavy atom. The van der Waals surface area contributed by atoms with Crippen LogP contribution < -0.4 is 0 Å². The van der Waals surface area contributed by atoms with E-state index in [9.17, 15) is 0 Å². The molecule has 0 aliphatic carbocycles. The molecule has 0 aliphatic heterocycles. The maximum Gasteiger partial charge on any atom is 0.0925 e. The fourth-order valence-corrected chi connectivity index (χ4v) is 7.90. The molecule has 0 spiro atoms. The first-order valence-corrected chi connectivity index (χ1v) is 25.8. The van der Waals surface area contributed by atoms with E-state index in [0.29, 0.717) is 0 Å². The predicted molar refractivity (Wildman–Crippen MR) is 254 cm³/mol. The van der Waals surface area contributed by atoms with E-state index in [4.69, 9.17) is 8.83 Å². The third-order valence-electron chi connectivity index (χ3n) is 11.0. The van der Waals surface area contributed by atoms with Crippen molar-refractivity contribution in [3.05, 3.63) is 152 Å². The van der Waals surface area contributed by atoms with Crippen LogP contribution >= 0.6 is 24.8 Å².